The summed E-state index contributed by atoms with van der Waals surface area (Å²) in [6.45, 7) is -1.41. The second-order valence-corrected chi connectivity index (χ2v) is 5.50. The fourth-order valence-electron chi connectivity index (χ4n) is 1.69. The van der Waals surface area contributed by atoms with Crippen molar-refractivity contribution in [3.05, 3.63) is 57.7 Å². The van der Waals surface area contributed by atoms with Gasteiger partial charge >= 0.3 is 6.18 Å². The Morgan fingerprint density at radius 3 is 2.41 bits per heavy atom. The third kappa shape index (κ3) is 4.62. The molecule has 0 atom stereocenters. The number of hydrogen-bond donors (Lipinski definition) is 1. The highest BCUT2D eigenvalue weighted by Crippen LogP contribution is 2.27. The van der Waals surface area contributed by atoms with Crippen molar-refractivity contribution in [3.8, 4) is 5.75 Å². The maximum Gasteiger partial charge on any atom is 0.422 e. The monoisotopic (exact) mass is 421 g/mol. The molecule has 0 aliphatic carbocycles. The van der Waals surface area contributed by atoms with Gasteiger partial charge in [-0.05, 0) is 46.9 Å². The first-order chi connectivity index (χ1) is 10.4. The van der Waals surface area contributed by atoms with Crippen LogP contribution in [0.5, 0.6) is 5.75 Å². The molecule has 0 aliphatic rings. The van der Waals surface area contributed by atoms with E-state index in [-0.39, 0.29) is 11.4 Å². The quantitative estimate of drug-likeness (QED) is 0.740. The molecule has 2 aromatic rings. The number of para-hydroxylation sites is 2. The summed E-state index contributed by atoms with van der Waals surface area (Å²) in [5.74, 6) is -0.438. The number of carbonyl (C=O) groups is 1. The number of benzene rings is 2. The predicted molar refractivity (Wildman–Crippen MR) is 85.1 cm³/mol. The van der Waals surface area contributed by atoms with Crippen LogP contribution in [-0.4, -0.2) is 18.7 Å². The average molecular weight is 421 g/mol. The Balaban J connectivity index is 2.16. The van der Waals surface area contributed by atoms with Crippen molar-refractivity contribution in [1.82, 2.24) is 0 Å². The first kappa shape index (κ1) is 16.6. The molecular weight excluding hydrogens is 410 g/mol. The topological polar surface area (TPSA) is 38.3 Å². The smallest absolute Gasteiger partial charge is 0.422 e. The predicted octanol–water partition coefficient (Wildman–Crippen LogP) is 4.48. The van der Waals surface area contributed by atoms with Gasteiger partial charge in [-0.1, -0.05) is 24.3 Å². The Morgan fingerprint density at radius 1 is 1.09 bits per heavy atom. The van der Waals surface area contributed by atoms with E-state index in [1.54, 1.807) is 30.3 Å². The number of halogens is 4. The van der Waals surface area contributed by atoms with Crippen LogP contribution in [0.4, 0.5) is 18.9 Å². The number of amides is 1. The summed E-state index contributed by atoms with van der Waals surface area (Å²) in [6, 6.07) is 12.9. The summed E-state index contributed by atoms with van der Waals surface area (Å²) in [6.07, 6.45) is -4.44. The van der Waals surface area contributed by atoms with Gasteiger partial charge in [-0.3, -0.25) is 4.79 Å². The minimum Gasteiger partial charge on any atom is -0.482 e. The summed E-state index contributed by atoms with van der Waals surface area (Å²) in [5, 5.41) is 2.57. The Hall–Kier alpha value is -1.77. The van der Waals surface area contributed by atoms with Crippen molar-refractivity contribution in [2.24, 2.45) is 0 Å². The van der Waals surface area contributed by atoms with Gasteiger partial charge in [-0.15, -0.1) is 0 Å². The van der Waals surface area contributed by atoms with Crippen LogP contribution >= 0.6 is 22.6 Å². The Kier molecular flexibility index (Phi) is 5.28. The van der Waals surface area contributed by atoms with Crippen LogP contribution in [0.3, 0.4) is 0 Å². The summed E-state index contributed by atoms with van der Waals surface area (Å²) >= 11 is 2.01. The molecule has 0 aromatic heterocycles. The molecule has 0 heterocycles. The van der Waals surface area contributed by atoms with Crippen molar-refractivity contribution in [2.45, 2.75) is 6.18 Å². The number of rotatable bonds is 4. The van der Waals surface area contributed by atoms with Gasteiger partial charge in [0.1, 0.15) is 5.75 Å². The zero-order valence-corrected chi connectivity index (χ0v) is 13.3. The lowest BCUT2D eigenvalue weighted by Gasteiger charge is -2.14. The lowest BCUT2D eigenvalue weighted by Crippen LogP contribution is -2.20. The van der Waals surface area contributed by atoms with Gasteiger partial charge in [-0.2, -0.15) is 13.2 Å². The van der Waals surface area contributed by atoms with Gasteiger partial charge in [0.25, 0.3) is 5.91 Å². The van der Waals surface area contributed by atoms with Gasteiger partial charge in [-0.25, -0.2) is 0 Å². The van der Waals surface area contributed by atoms with E-state index in [0.29, 0.717) is 5.56 Å². The first-order valence-corrected chi connectivity index (χ1v) is 7.29. The molecular formula is C15H11F3INO2. The largest absolute Gasteiger partial charge is 0.482 e. The molecule has 22 heavy (non-hydrogen) atoms. The average Bonchev–Trinajstić information content (AvgIpc) is 2.46. The van der Waals surface area contributed by atoms with Crippen molar-refractivity contribution in [1.29, 1.82) is 0 Å². The zero-order chi connectivity index (χ0) is 16.2. The summed E-state index contributed by atoms with van der Waals surface area (Å²) in [4.78, 5) is 12.2. The van der Waals surface area contributed by atoms with Crippen LogP contribution in [0.1, 0.15) is 10.4 Å². The molecule has 0 saturated carbocycles. The van der Waals surface area contributed by atoms with E-state index in [9.17, 15) is 18.0 Å². The molecule has 2 aromatic carbocycles. The van der Waals surface area contributed by atoms with Crippen LogP contribution < -0.4 is 10.1 Å². The van der Waals surface area contributed by atoms with E-state index < -0.39 is 18.7 Å². The second-order valence-electron chi connectivity index (χ2n) is 4.33. The molecule has 116 valence electrons. The van der Waals surface area contributed by atoms with Crippen LogP contribution in [0.25, 0.3) is 0 Å². The van der Waals surface area contributed by atoms with Crippen molar-refractivity contribution in [3.63, 3.8) is 0 Å². The lowest BCUT2D eigenvalue weighted by molar-refractivity contribution is -0.153. The minimum absolute atomic E-state index is 0.0286. The molecule has 3 nitrogen and oxygen atoms in total. The van der Waals surface area contributed by atoms with E-state index in [0.717, 1.165) is 3.57 Å². The van der Waals surface area contributed by atoms with Crippen molar-refractivity contribution in [2.75, 3.05) is 11.9 Å². The van der Waals surface area contributed by atoms with Crippen molar-refractivity contribution < 1.29 is 22.7 Å². The van der Waals surface area contributed by atoms with Gasteiger partial charge in [0.15, 0.2) is 6.61 Å². The highest BCUT2D eigenvalue weighted by molar-refractivity contribution is 14.1. The fourth-order valence-corrected chi connectivity index (χ4v) is 2.32. The molecule has 0 fully saturated rings. The van der Waals surface area contributed by atoms with Crippen LogP contribution in [0.2, 0.25) is 0 Å². The highest BCUT2D eigenvalue weighted by atomic mass is 127. The first-order valence-electron chi connectivity index (χ1n) is 6.21. The molecule has 0 saturated heterocycles. The van der Waals surface area contributed by atoms with Gasteiger partial charge in [0.05, 0.1) is 11.3 Å². The maximum absolute atomic E-state index is 12.2. The Labute approximate surface area is 138 Å². The molecule has 0 radical (unpaired) electrons. The molecule has 1 N–H and O–H groups in total. The van der Waals surface area contributed by atoms with E-state index in [1.165, 1.54) is 18.2 Å². The Morgan fingerprint density at radius 2 is 1.73 bits per heavy atom. The third-order valence-electron chi connectivity index (χ3n) is 2.65. The number of hydrogen-bond acceptors (Lipinski definition) is 2. The second kappa shape index (κ2) is 6.99. The minimum atomic E-state index is -4.44. The highest BCUT2D eigenvalue weighted by Gasteiger charge is 2.28. The summed E-state index contributed by atoms with van der Waals surface area (Å²) in [7, 11) is 0. The number of anilines is 1. The van der Waals surface area contributed by atoms with Crippen LogP contribution in [0.15, 0.2) is 48.5 Å². The SMILES string of the molecule is O=C(Nc1ccccc1OCC(F)(F)F)c1ccccc1I. The van der Waals surface area contributed by atoms with Crippen LogP contribution in [-0.2, 0) is 0 Å². The molecule has 0 aliphatic heterocycles. The third-order valence-corrected chi connectivity index (χ3v) is 3.59. The normalized spacial score (nSPS) is 11.1. The standard InChI is InChI=1S/C15H11F3INO2/c16-15(17,18)9-22-13-8-4-3-7-12(13)20-14(21)10-5-1-2-6-11(10)19/h1-8H,9H2,(H,20,21). The maximum atomic E-state index is 12.2. The van der Waals surface area contributed by atoms with E-state index >= 15 is 0 Å². The van der Waals surface area contributed by atoms with E-state index in [2.05, 4.69) is 5.32 Å². The molecule has 0 spiro atoms. The molecule has 7 heteroatoms. The molecule has 1 amide bonds. The fraction of sp³-hybridized carbons (Fsp3) is 0.133. The van der Waals surface area contributed by atoms with Crippen LogP contribution in [0, 0.1) is 3.57 Å². The number of alkyl halides is 3. The number of carbonyl (C=O) groups excluding carboxylic acids is 1. The van der Waals surface area contributed by atoms with Crippen molar-refractivity contribution >= 4 is 34.2 Å². The van der Waals surface area contributed by atoms with E-state index in [1.807, 2.05) is 22.6 Å². The number of nitrogens with one attached hydrogen (secondary N) is 1. The molecule has 0 bridgehead atoms. The van der Waals surface area contributed by atoms with Gasteiger partial charge in [0.2, 0.25) is 0 Å². The van der Waals surface area contributed by atoms with Gasteiger partial charge in [0, 0.05) is 3.57 Å². The summed E-state index contributed by atoms with van der Waals surface area (Å²) < 4.78 is 42.2. The molecule has 0 unspecified atom stereocenters. The number of ether oxygens (including phenoxy) is 1. The Bertz CT molecular complexity index is 674. The zero-order valence-electron chi connectivity index (χ0n) is 11.2. The lowest BCUT2D eigenvalue weighted by atomic mass is 10.2. The van der Waals surface area contributed by atoms with Gasteiger partial charge < -0.3 is 10.1 Å². The van der Waals surface area contributed by atoms with E-state index in [4.69, 9.17) is 4.74 Å². The summed E-state index contributed by atoms with van der Waals surface area (Å²) in [5.41, 5.74) is 0.630. The molecule has 2 rings (SSSR count).